The Morgan fingerprint density at radius 2 is 1.97 bits per heavy atom. The summed E-state index contributed by atoms with van der Waals surface area (Å²) in [4.78, 5) is 16.4. The highest BCUT2D eigenvalue weighted by Crippen LogP contribution is 2.31. The number of ether oxygens (including phenoxy) is 2. The van der Waals surface area contributed by atoms with Gasteiger partial charge in [0.05, 0.1) is 12.4 Å². The minimum absolute atomic E-state index is 0.0264. The Morgan fingerprint density at radius 3 is 2.66 bits per heavy atom. The van der Waals surface area contributed by atoms with Crippen LogP contribution in [-0.2, 0) is 21.2 Å². The number of carbonyl (C=O) groups is 1. The normalized spacial score (nSPS) is 11.5. The van der Waals surface area contributed by atoms with Gasteiger partial charge in [-0.15, -0.1) is 0 Å². The Kier molecular flexibility index (Phi) is 8.81. The third kappa shape index (κ3) is 6.79. The van der Waals surface area contributed by atoms with Crippen LogP contribution in [0, 0.1) is 11.3 Å². The van der Waals surface area contributed by atoms with Crippen molar-refractivity contribution in [2.75, 3.05) is 17.7 Å². The van der Waals surface area contributed by atoms with Crippen molar-refractivity contribution in [3.8, 4) is 17.6 Å². The molecule has 12 heteroatoms. The van der Waals surface area contributed by atoms with Gasteiger partial charge in [-0.25, -0.2) is 8.42 Å². The monoisotopic (exact) mass is 532 g/mol. The molecule has 3 aromatic rings. The van der Waals surface area contributed by atoms with Crippen LogP contribution in [0.25, 0.3) is 6.08 Å². The van der Waals surface area contributed by atoms with E-state index in [1.807, 2.05) is 31.2 Å². The summed E-state index contributed by atoms with van der Waals surface area (Å²) < 4.78 is 39.0. The largest absolute Gasteiger partial charge is 0.490 e. The summed E-state index contributed by atoms with van der Waals surface area (Å²) in [5.74, 6) is -0.00294. The minimum atomic E-state index is -3.60. The van der Waals surface area contributed by atoms with Crippen LogP contribution in [0.2, 0.25) is 5.02 Å². The molecule has 0 saturated heterocycles. The molecule has 0 bridgehead atoms. The first-order valence-electron chi connectivity index (χ1n) is 10.4. The number of nitrogens with one attached hydrogen (secondary N) is 1. The molecule has 0 aliphatic heterocycles. The predicted molar refractivity (Wildman–Crippen MR) is 133 cm³/mol. The molecule has 0 atom stereocenters. The molecule has 0 fully saturated rings. The first-order valence-corrected chi connectivity index (χ1v) is 13.2. The van der Waals surface area contributed by atoms with E-state index in [2.05, 4.69) is 14.7 Å². The van der Waals surface area contributed by atoms with Crippen LogP contribution >= 0.6 is 23.1 Å². The Morgan fingerprint density at radius 1 is 1.20 bits per heavy atom. The zero-order valence-corrected chi connectivity index (χ0v) is 21.2. The molecule has 2 aromatic carbocycles. The molecule has 1 aromatic heterocycles. The molecule has 1 N–H and O–H groups in total. The molecule has 0 radical (unpaired) electrons. The van der Waals surface area contributed by atoms with Crippen LogP contribution < -0.4 is 14.8 Å². The van der Waals surface area contributed by atoms with Crippen molar-refractivity contribution in [3.05, 3.63) is 64.2 Å². The molecule has 1 amide bonds. The molecule has 0 aliphatic rings. The third-order valence-corrected chi connectivity index (χ3v) is 7.18. The van der Waals surface area contributed by atoms with Crippen molar-refractivity contribution >= 4 is 50.1 Å². The molecule has 0 spiro atoms. The van der Waals surface area contributed by atoms with E-state index < -0.39 is 15.7 Å². The number of rotatable bonds is 10. The van der Waals surface area contributed by atoms with Crippen molar-refractivity contribution < 1.29 is 22.7 Å². The summed E-state index contributed by atoms with van der Waals surface area (Å²) in [6.07, 6.45) is 1.38. The standard InChI is InChI=1S/C23H21ClN4O5S2/c1-3-32-20-12-15(9-10-19(20)33-14-16-7-5-6-8-18(16)24)11-17(13-25)21(29)26-22-27-23(28-34-22)35(30,31)4-2/h5-12H,3-4,14H2,1-2H3,(H,26,27,28,29). The molecule has 1 heterocycles. The Hall–Kier alpha value is -3.46. The van der Waals surface area contributed by atoms with Gasteiger partial charge in [-0.3, -0.25) is 10.1 Å². The van der Waals surface area contributed by atoms with Crippen molar-refractivity contribution in [1.29, 1.82) is 5.26 Å². The maximum absolute atomic E-state index is 12.6. The van der Waals surface area contributed by atoms with Crippen molar-refractivity contribution in [2.45, 2.75) is 25.6 Å². The molecule has 0 unspecified atom stereocenters. The number of sulfone groups is 1. The molecule has 0 aliphatic carbocycles. The number of nitrogens with zero attached hydrogens (tertiary/aromatic N) is 3. The number of carbonyl (C=O) groups excluding carboxylic acids is 1. The highest BCUT2D eigenvalue weighted by molar-refractivity contribution is 7.91. The van der Waals surface area contributed by atoms with Gasteiger partial charge in [0.2, 0.25) is 15.0 Å². The number of benzene rings is 2. The molecule has 3 rings (SSSR count). The van der Waals surface area contributed by atoms with Crippen LogP contribution in [0.4, 0.5) is 5.13 Å². The van der Waals surface area contributed by atoms with Gasteiger partial charge >= 0.3 is 0 Å². The topological polar surface area (TPSA) is 131 Å². The fourth-order valence-corrected chi connectivity index (χ4v) is 4.54. The predicted octanol–water partition coefficient (Wildman–Crippen LogP) is 4.51. The summed E-state index contributed by atoms with van der Waals surface area (Å²) in [6.45, 7) is 3.90. The zero-order chi connectivity index (χ0) is 25.4. The zero-order valence-electron chi connectivity index (χ0n) is 18.8. The smallest absolute Gasteiger partial charge is 0.268 e. The summed E-state index contributed by atoms with van der Waals surface area (Å²) in [5, 5.41) is 12.1. The lowest BCUT2D eigenvalue weighted by molar-refractivity contribution is -0.112. The SMILES string of the molecule is CCOc1cc(C=C(C#N)C(=O)Nc2nc(S(=O)(=O)CC)ns2)ccc1OCc1ccccc1Cl. The quantitative estimate of drug-likeness (QED) is 0.298. The third-order valence-electron chi connectivity index (χ3n) is 4.57. The van der Waals surface area contributed by atoms with E-state index in [4.69, 9.17) is 21.1 Å². The number of hydrogen-bond acceptors (Lipinski definition) is 9. The van der Waals surface area contributed by atoms with E-state index in [-0.39, 0.29) is 28.2 Å². The fraction of sp³-hybridized carbons (Fsp3) is 0.217. The van der Waals surface area contributed by atoms with Crippen LogP contribution in [-0.4, -0.2) is 36.0 Å². The second kappa shape index (κ2) is 11.8. The van der Waals surface area contributed by atoms with Crippen molar-refractivity contribution in [2.24, 2.45) is 0 Å². The Bertz CT molecular complexity index is 1400. The number of amides is 1. The van der Waals surface area contributed by atoms with Gasteiger partial charge in [0.25, 0.3) is 11.1 Å². The molecule has 35 heavy (non-hydrogen) atoms. The molecular weight excluding hydrogens is 512 g/mol. The average molecular weight is 533 g/mol. The summed E-state index contributed by atoms with van der Waals surface area (Å²) in [6, 6.07) is 14.2. The second-order valence-corrected chi connectivity index (χ2v) is 10.3. The van der Waals surface area contributed by atoms with E-state index in [1.165, 1.54) is 13.0 Å². The van der Waals surface area contributed by atoms with Crippen LogP contribution in [0.1, 0.15) is 25.0 Å². The summed E-state index contributed by atoms with van der Waals surface area (Å²) in [5.41, 5.74) is 1.12. The molecule has 182 valence electrons. The van der Waals surface area contributed by atoms with Gasteiger partial charge in [-0.05, 0) is 36.8 Å². The Balaban J connectivity index is 1.78. The van der Waals surface area contributed by atoms with Crippen molar-refractivity contribution in [3.63, 3.8) is 0 Å². The molecule has 9 nitrogen and oxygen atoms in total. The highest BCUT2D eigenvalue weighted by atomic mass is 35.5. The van der Waals surface area contributed by atoms with Crippen LogP contribution in [0.15, 0.2) is 53.2 Å². The lowest BCUT2D eigenvalue weighted by Gasteiger charge is -2.13. The number of anilines is 1. The fourth-order valence-electron chi connectivity index (χ4n) is 2.77. The van der Waals surface area contributed by atoms with Gasteiger partial charge in [0.1, 0.15) is 18.2 Å². The second-order valence-electron chi connectivity index (χ2n) is 6.93. The van der Waals surface area contributed by atoms with Gasteiger partial charge in [-0.1, -0.05) is 42.8 Å². The van der Waals surface area contributed by atoms with Gasteiger partial charge in [-0.2, -0.15) is 14.6 Å². The van der Waals surface area contributed by atoms with E-state index in [9.17, 15) is 18.5 Å². The number of nitriles is 1. The molecular formula is C23H21ClN4O5S2. The lowest BCUT2D eigenvalue weighted by atomic mass is 10.1. The average Bonchev–Trinajstić information content (AvgIpc) is 3.32. The van der Waals surface area contributed by atoms with E-state index in [1.54, 1.807) is 24.3 Å². The summed E-state index contributed by atoms with van der Waals surface area (Å²) >= 11 is 6.90. The highest BCUT2D eigenvalue weighted by Gasteiger charge is 2.20. The van der Waals surface area contributed by atoms with E-state index >= 15 is 0 Å². The van der Waals surface area contributed by atoms with Gasteiger partial charge in [0, 0.05) is 22.1 Å². The van der Waals surface area contributed by atoms with Gasteiger partial charge in [0.15, 0.2) is 11.5 Å². The van der Waals surface area contributed by atoms with Crippen LogP contribution in [0.5, 0.6) is 11.5 Å². The van der Waals surface area contributed by atoms with Gasteiger partial charge < -0.3 is 9.47 Å². The number of hydrogen-bond donors (Lipinski definition) is 1. The minimum Gasteiger partial charge on any atom is -0.490 e. The Labute approximate surface area is 212 Å². The first-order chi connectivity index (χ1) is 16.8. The number of aromatic nitrogens is 2. The maximum atomic E-state index is 12.6. The molecule has 0 saturated carbocycles. The first kappa shape index (κ1) is 26.2. The lowest BCUT2D eigenvalue weighted by Crippen LogP contribution is -2.13. The number of halogens is 1. The van der Waals surface area contributed by atoms with Crippen molar-refractivity contribution in [1.82, 2.24) is 9.36 Å². The van der Waals surface area contributed by atoms with Crippen LogP contribution in [0.3, 0.4) is 0 Å². The van der Waals surface area contributed by atoms with E-state index in [0.29, 0.717) is 40.2 Å². The van der Waals surface area contributed by atoms with E-state index in [0.717, 1.165) is 5.56 Å². The summed E-state index contributed by atoms with van der Waals surface area (Å²) in [7, 11) is -3.60. The maximum Gasteiger partial charge on any atom is 0.268 e.